The summed E-state index contributed by atoms with van der Waals surface area (Å²) in [5, 5.41) is 5.39. The molecule has 0 radical (unpaired) electrons. The molecule has 1 N–H and O–H groups in total. The lowest BCUT2D eigenvalue weighted by Gasteiger charge is -2.08. The Labute approximate surface area is 106 Å². The van der Waals surface area contributed by atoms with E-state index in [0.717, 1.165) is 0 Å². The third kappa shape index (κ3) is 4.60. The highest BCUT2D eigenvalue weighted by Crippen LogP contribution is 2.12. The molecule has 0 unspecified atom stereocenters. The van der Waals surface area contributed by atoms with E-state index in [0.29, 0.717) is 5.69 Å². The number of amides is 1. The van der Waals surface area contributed by atoms with Crippen molar-refractivity contribution < 1.29 is 27.5 Å². The molecule has 1 amide bonds. The SMILES string of the molecule is Cc1c(C(=O)OCC(=O)NCC(F)(F)F)cnn1C. The van der Waals surface area contributed by atoms with Crippen LogP contribution in [0, 0.1) is 6.92 Å². The monoisotopic (exact) mass is 279 g/mol. The number of hydrogen-bond acceptors (Lipinski definition) is 4. The minimum atomic E-state index is -4.50. The number of carbonyl (C=O) groups is 2. The normalized spacial score (nSPS) is 11.2. The molecule has 0 saturated heterocycles. The van der Waals surface area contributed by atoms with Gasteiger partial charge in [0.1, 0.15) is 12.1 Å². The second-order valence-electron chi connectivity index (χ2n) is 3.74. The number of hydrogen-bond donors (Lipinski definition) is 1. The fraction of sp³-hybridized carbons (Fsp3) is 0.500. The fourth-order valence-electron chi connectivity index (χ4n) is 1.16. The number of halogens is 3. The Bertz CT molecular complexity index is 482. The zero-order chi connectivity index (χ0) is 14.6. The van der Waals surface area contributed by atoms with E-state index in [1.165, 1.54) is 10.9 Å². The van der Waals surface area contributed by atoms with Gasteiger partial charge in [-0.3, -0.25) is 9.48 Å². The minimum Gasteiger partial charge on any atom is -0.452 e. The van der Waals surface area contributed by atoms with Gasteiger partial charge in [0.05, 0.1) is 6.20 Å². The molecule has 9 heteroatoms. The van der Waals surface area contributed by atoms with Crippen LogP contribution in [0.5, 0.6) is 0 Å². The molecule has 0 aromatic carbocycles. The van der Waals surface area contributed by atoms with Gasteiger partial charge >= 0.3 is 12.1 Å². The summed E-state index contributed by atoms with van der Waals surface area (Å²) in [6.07, 6.45) is -3.25. The van der Waals surface area contributed by atoms with E-state index in [9.17, 15) is 22.8 Å². The number of ether oxygens (including phenoxy) is 1. The van der Waals surface area contributed by atoms with Gasteiger partial charge in [-0.05, 0) is 6.92 Å². The van der Waals surface area contributed by atoms with Crippen molar-refractivity contribution in [2.24, 2.45) is 7.05 Å². The second-order valence-corrected chi connectivity index (χ2v) is 3.74. The predicted octanol–water partition coefficient (Wildman–Crippen LogP) is 0.564. The van der Waals surface area contributed by atoms with E-state index in [2.05, 4.69) is 9.84 Å². The average Bonchev–Trinajstić information content (AvgIpc) is 2.63. The second kappa shape index (κ2) is 5.72. The number of nitrogens with one attached hydrogen (secondary N) is 1. The highest BCUT2D eigenvalue weighted by atomic mass is 19.4. The summed E-state index contributed by atoms with van der Waals surface area (Å²) in [4.78, 5) is 22.5. The van der Waals surface area contributed by atoms with Crippen LogP contribution < -0.4 is 5.32 Å². The number of nitrogens with zero attached hydrogens (tertiary/aromatic N) is 2. The molecule has 0 bridgehead atoms. The summed E-state index contributed by atoms with van der Waals surface area (Å²) < 4.78 is 41.4. The van der Waals surface area contributed by atoms with E-state index in [1.54, 1.807) is 19.3 Å². The first-order valence-corrected chi connectivity index (χ1v) is 5.20. The van der Waals surface area contributed by atoms with Crippen LogP contribution in [-0.4, -0.2) is 41.0 Å². The molecule has 0 aliphatic carbocycles. The lowest BCUT2D eigenvalue weighted by atomic mass is 10.3. The van der Waals surface area contributed by atoms with Crippen molar-refractivity contribution in [1.82, 2.24) is 15.1 Å². The number of aromatic nitrogens is 2. The summed E-state index contributed by atoms with van der Waals surface area (Å²) in [5.41, 5.74) is 0.687. The van der Waals surface area contributed by atoms with E-state index in [-0.39, 0.29) is 5.56 Å². The Morgan fingerprint density at radius 2 is 2.11 bits per heavy atom. The molecule has 1 aromatic rings. The first kappa shape index (κ1) is 15.0. The van der Waals surface area contributed by atoms with Crippen molar-refractivity contribution in [3.63, 3.8) is 0 Å². The lowest BCUT2D eigenvalue weighted by Crippen LogP contribution is -2.36. The van der Waals surface area contributed by atoms with Crippen LogP contribution in [0.4, 0.5) is 13.2 Å². The molecule has 1 heterocycles. The Morgan fingerprint density at radius 1 is 1.47 bits per heavy atom. The van der Waals surface area contributed by atoms with Crippen molar-refractivity contribution >= 4 is 11.9 Å². The summed E-state index contributed by atoms with van der Waals surface area (Å²) in [7, 11) is 1.61. The fourth-order valence-corrected chi connectivity index (χ4v) is 1.16. The highest BCUT2D eigenvalue weighted by molar-refractivity contribution is 5.92. The molecule has 106 valence electrons. The van der Waals surface area contributed by atoms with Crippen molar-refractivity contribution in [3.05, 3.63) is 17.5 Å². The summed E-state index contributed by atoms with van der Waals surface area (Å²) in [6, 6.07) is 0. The van der Waals surface area contributed by atoms with Crippen LogP contribution >= 0.6 is 0 Å². The van der Waals surface area contributed by atoms with E-state index >= 15 is 0 Å². The zero-order valence-electron chi connectivity index (χ0n) is 10.2. The molecule has 19 heavy (non-hydrogen) atoms. The number of carbonyl (C=O) groups excluding carboxylic acids is 2. The predicted molar refractivity (Wildman–Crippen MR) is 57.3 cm³/mol. The van der Waals surface area contributed by atoms with Crippen LogP contribution in [0.15, 0.2) is 6.20 Å². The van der Waals surface area contributed by atoms with Gasteiger partial charge in [0.25, 0.3) is 5.91 Å². The highest BCUT2D eigenvalue weighted by Gasteiger charge is 2.27. The van der Waals surface area contributed by atoms with Crippen molar-refractivity contribution in [2.45, 2.75) is 13.1 Å². The average molecular weight is 279 g/mol. The number of rotatable bonds is 4. The maximum absolute atomic E-state index is 11.8. The first-order chi connectivity index (χ1) is 8.70. The van der Waals surface area contributed by atoms with E-state index in [1.807, 2.05) is 0 Å². The number of esters is 1. The maximum atomic E-state index is 11.8. The minimum absolute atomic E-state index is 0.158. The third-order valence-corrected chi connectivity index (χ3v) is 2.28. The number of alkyl halides is 3. The van der Waals surface area contributed by atoms with E-state index < -0.39 is 31.2 Å². The molecular weight excluding hydrogens is 267 g/mol. The van der Waals surface area contributed by atoms with Crippen molar-refractivity contribution in [3.8, 4) is 0 Å². The first-order valence-electron chi connectivity index (χ1n) is 5.20. The molecule has 1 rings (SSSR count). The van der Waals surface area contributed by atoms with Gasteiger partial charge in [-0.15, -0.1) is 0 Å². The molecule has 0 atom stereocenters. The summed E-state index contributed by atoms with van der Waals surface area (Å²) in [5.74, 6) is -1.83. The Kier molecular flexibility index (Phi) is 4.52. The van der Waals surface area contributed by atoms with Crippen LogP contribution in [0.25, 0.3) is 0 Å². The quantitative estimate of drug-likeness (QED) is 0.817. The molecule has 0 saturated carbocycles. The zero-order valence-corrected chi connectivity index (χ0v) is 10.2. The Hall–Kier alpha value is -2.06. The smallest absolute Gasteiger partial charge is 0.405 e. The van der Waals surface area contributed by atoms with Gasteiger partial charge in [-0.25, -0.2) is 4.79 Å². The topological polar surface area (TPSA) is 73.2 Å². The summed E-state index contributed by atoms with van der Waals surface area (Å²) >= 11 is 0. The third-order valence-electron chi connectivity index (χ3n) is 2.28. The van der Waals surface area contributed by atoms with Gasteiger partial charge in [-0.2, -0.15) is 18.3 Å². The maximum Gasteiger partial charge on any atom is 0.405 e. The summed E-state index contributed by atoms with van der Waals surface area (Å²) in [6.45, 7) is -0.619. The standard InChI is InChI=1S/C10H12F3N3O3/c1-6-7(3-15-16(6)2)9(18)19-4-8(17)14-5-10(11,12)13/h3H,4-5H2,1-2H3,(H,14,17). The van der Waals surface area contributed by atoms with Gasteiger partial charge < -0.3 is 10.1 Å². The lowest BCUT2D eigenvalue weighted by molar-refractivity contribution is -0.140. The molecule has 6 nitrogen and oxygen atoms in total. The van der Waals surface area contributed by atoms with Crippen LogP contribution in [0.2, 0.25) is 0 Å². The van der Waals surface area contributed by atoms with Crippen molar-refractivity contribution in [1.29, 1.82) is 0 Å². The van der Waals surface area contributed by atoms with Gasteiger partial charge in [-0.1, -0.05) is 0 Å². The van der Waals surface area contributed by atoms with Crippen LogP contribution in [0.3, 0.4) is 0 Å². The van der Waals surface area contributed by atoms with E-state index in [4.69, 9.17) is 0 Å². The van der Waals surface area contributed by atoms with Gasteiger partial charge in [0.2, 0.25) is 0 Å². The molecule has 1 aromatic heterocycles. The van der Waals surface area contributed by atoms with Gasteiger partial charge in [0.15, 0.2) is 6.61 Å². The molecule has 0 aliphatic heterocycles. The Balaban J connectivity index is 2.43. The molecule has 0 spiro atoms. The number of aryl methyl sites for hydroxylation is 1. The van der Waals surface area contributed by atoms with Gasteiger partial charge in [0, 0.05) is 12.7 Å². The molecule has 0 aliphatic rings. The van der Waals surface area contributed by atoms with Crippen molar-refractivity contribution in [2.75, 3.05) is 13.2 Å². The Morgan fingerprint density at radius 3 is 2.58 bits per heavy atom. The van der Waals surface area contributed by atoms with Crippen LogP contribution in [0.1, 0.15) is 16.1 Å². The molecule has 0 fully saturated rings. The molecular formula is C10H12F3N3O3. The van der Waals surface area contributed by atoms with Crippen LogP contribution in [-0.2, 0) is 16.6 Å². The largest absolute Gasteiger partial charge is 0.452 e.